The number of nitrogens with zero attached hydrogens (tertiary/aromatic N) is 1. The van der Waals surface area contributed by atoms with Crippen molar-refractivity contribution in [2.75, 3.05) is 14.2 Å². The molecule has 0 aliphatic carbocycles. The van der Waals surface area contributed by atoms with Crippen LogP contribution in [0.2, 0.25) is 0 Å². The number of methoxy groups -OCH3 is 1. The van der Waals surface area contributed by atoms with E-state index in [1.165, 1.54) is 0 Å². The predicted octanol–water partition coefficient (Wildman–Crippen LogP) is 1.53. The van der Waals surface area contributed by atoms with E-state index >= 15 is 0 Å². The van der Waals surface area contributed by atoms with Gasteiger partial charge in [-0.15, -0.1) is 0 Å². The lowest BCUT2D eigenvalue weighted by Gasteiger charge is -2.26. The van der Waals surface area contributed by atoms with Crippen LogP contribution in [0.15, 0.2) is 33.9 Å². The van der Waals surface area contributed by atoms with Crippen molar-refractivity contribution in [3.8, 4) is 5.75 Å². The molecular formula is C18H23N3O4. The lowest BCUT2D eigenvalue weighted by atomic mass is 10.0. The van der Waals surface area contributed by atoms with Gasteiger partial charge in [0, 0.05) is 30.3 Å². The second-order valence-electron chi connectivity index (χ2n) is 5.93. The topological polar surface area (TPSA) is 95.3 Å². The fraction of sp³-hybridized carbons (Fsp3) is 0.389. The smallest absolute Gasteiger partial charge is 0.325 e. The minimum absolute atomic E-state index is 0.0941. The molecule has 0 fully saturated rings. The Hall–Kier alpha value is -2.83. The molecule has 134 valence electrons. The van der Waals surface area contributed by atoms with Crippen LogP contribution < -0.4 is 16.0 Å². The summed E-state index contributed by atoms with van der Waals surface area (Å²) in [7, 11) is 3.32. The van der Waals surface area contributed by atoms with Crippen LogP contribution in [-0.4, -0.2) is 34.9 Å². The summed E-state index contributed by atoms with van der Waals surface area (Å²) in [5.74, 6) is 0.631. The molecule has 0 spiro atoms. The summed E-state index contributed by atoms with van der Waals surface area (Å²) in [6, 6.07) is 7.38. The van der Waals surface area contributed by atoms with Crippen LogP contribution in [0.3, 0.4) is 0 Å². The number of aromatic nitrogens is 2. The Morgan fingerprint density at radius 1 is 1.24 bits per heavy atom. The maximum Gasteiger partial charge on any atom is 0.325 e. The molecule has 25 heavy (non-hydrogen) atoms. The maximum atomic E-state index is 12.5. The van der Waals surface area contributed by atoms with Crippen molar-refractivity contribution in [2.45, 2.75) is 32.7 Å². The number of nitrogens with one attached hydrogen (secondary N) is 2. The zero-order chi connectivity index (χ0) is 18.6. The van der Waals surface area contributed by atoms with Gasteiger partial charge < -0.3 is 14.6 Å². The van der Waals surface area contributed by atoms with Crippen LogP contribution in [0.5, 0.6) is 5.75 Å². The summed E-state index contributed by atoms with van der Waals surface area (Å²) >= 11 is 0. The first-order valence-electron chi connectivity index (χ1n) is 8.05. The molecule has 2 rings (SSSR count). The monoisotopic (exact) mass is 345 g/mol. The number of benzene rings is 1. The van der Waals surface area contributed by atoms with Crippen LogP contribution in [0.25, 0.3) is 0 Å². The van der Waals surface area contributed by atoms with E-state index in [9.17, 15) is 14.4 Å². The molecule has 0 aliphatic rings. The van der Waals surface area contributed by atoms with Gasteiger partial charge in [0.05, 0.1) is 13.2 Å². The third kappa shape index (κ3) is 4.17. The third-order valence-electron chi connectivity index (χ3n) is 4.41. The lowest BCUT2D eigenvalue weighted by Crippen LogP contribution is -2.32. The van der Waals surface area contributed by atoms with Crippen molar-refractivity contribution >= 4 is 5.91 Å². The Bertz CT molecular complexity index is 869. The van der Waals surface area contributed by atoms with Gasteiger partial charge >= 0.3 is 5.69 Å². The Morgan fingerprint density at radius 3 is 2.56 bits per heavy atom. The molecule has 0 saturated carbocycles. The largest absolute Gasteiger partial charge is 0.496 e. The highest BCUT2D eigenvalue weighted by atomic mass is 16.5. The van der Waals surface area contributed by atoms with Gasteiger partial charge in [0.25, 0.3) is 5.56 Å². The number of hydrogen-bond donors (Lipinski definition) is 2. The van der Waals surface area contributed by atoms with Crippen LogP contribution in [0.4, 0.5) is 0 Å². The molecule has 7 nitrogen and oxygen atoms in total. The van der Waals surface area contributed by atoms with E-state index in [1.54, 1.807) is 26.0 Å². The van der Waals surface area contributed by atoms with Gasteiger partial charge in [-0.25, -0.2) is 4.79 Å². The van der Waals surface area contributed by atoms with E-state index in [-0.39, 0.29) is 24.8 Å². The van der Waals surface area contributed by atoms with Gasteiger partial charge in [-0.3, -0.25) is 14.6 Å². The van der Waals surface area contributed by atoms with E-state index in [4.69, 9.17) is 4.74 Å². The molecular weight excluding hydrogens is 322 g/mol. The Balaban J connectivity index is 2.10. The van der Waals surface area contributed by atoms with E-state index < -0.39 is 11.2 Å². The standard InChI is InChI=1S/C18H23N3O4/c1-11-13(17(23)20-18(24)19-11)9-10-16(22)21(3)12(2)14-7-5-6-8-15(14)25-4/h5-8,12H,9-10H2,1-4H3,(H2,19,20,23,24). The molecule has 1 aromatic heterocycles. The average molecular weight is 345 g/mol. The summed E-state index contributed by atoms with van der Waals surface area (Å²) < 4.78 is 5.35. The number of aryl methyl sites for hydroxylation is 1. The highest BCUT2D eigenvalue weighted by Crippen LogP contribution is 2.28. The highest BCUT2D eigenvalue weighted by molar-refractivity contribution is 5.76. The van der Waals surface area contributed by atoms with Crippen molar-refractivity contribution in [1.82, 2.24) is 14.9 Å². The van der Waals surface area contributed by atoms with Crippen molar-refractivity contribution in [3.05, 3.63) is 61.9 Å². The molecule has 2 N–H and O–H groups in total. The SMILES string of the molecule is COc1ccccc1C(C)N(C)C(=O)CCc1c(C)[nH]c(=O)[nH]c1=O. The molecule has 1 heterocycles. The lowest BCUT2D eigenvalue weighted by molar-refractivity contribution is -0.131. The van der Waals surface area contributed by atoms with Crippen LogP contribution in [0.1, 0.15) is 36.2 Å². The van der Waals surface area contributed by atoms with Gasteiger partial charge in [0.2, 0.25) is 5.91 Å². The molecule has 1 amide bonds. The number of carbonyl (C=O) groups excluding carboxylic acids is 1. The number of hydrogen-bond acceptors (Lipinski definition) is 4. The Labute approximate surface area is 145 Å². The molecule has 1 unspecified atom stereocenters. The normalized spacial score (nSPS) is 11.8. The Kier molecular flexibility index (Phi) is 5.80. The summed E-state index contributed by atoms with van der Waals surface area (Å²) in [4.78, 5) is 42.0. The van der Waals surface area contributed by atoms with Gasteiger partial charge in [-0.1, -0.05) is 18.2 Å². The highest BCUT2D eigenvalue weighted by Gasteiger charge is 2.20. The van der Waals surface area contributed by atoms with Gasteiger partial charge in [-0.05, 0) is 26.3 Å². The summed E-state index contributed by atoms with van der Waals surface area (Å²) in [6.07, 6.45) is 0.436. The number of ether oxygens (including phenoxy) is 1. The number of amides is 1. The summed E-state index contributed by atoms with van der Waals surface area (Å²) in [6.45, 7) is 3.57. The first-order valence-corrected chi connectivity index (χ1v) is 8.05. The van der Waals surface area contributed by atoms with Crippen molar-refractivity contribution in [1.29, 1.82) is 0 Å². The first-order chi connectivity index (χ1) is 11.8. The summed E-state index contributed by atoms with van der Waals surface area (Å²) in [5, 5.41) is 0. The van der Waals surface area contributed by atoms with Crippen LogP contribution in [0, 0.1) is 6.92 Å². The van der Waals surface area contributed by atoms with Crippen LogP contribution >= 0.6 is 0 Å². The molecule has 0 saturated heterocycles. The van der Waals surface area contributed by atoms with Crippen molar-refractivity contribution < 1.29 is 9.53 Å². The third-order valence-corrected chi connectivity index (χ3v) is 4.41. The van der Waals surface area contributed by atoms with Crippen molar-refractivity contribution in [2.24, 2.45) is 0 Å². The van der Waals surface area contributed by atoms with Gasteiger partial charge in [0.1, 0.15) is 5.75 Å². The number of aromatic amines is 2. The van der Waals surface area contributed by atoms with Crippen LogP contribution in [-0.2, 0) is 11.2 Å². The number of rotatable bonds is 6. The second kappa shape index (κ2) is 7.83. The fourth-order valence-electron chi connectivity index (χ4n) is 2.77. The van der Waals surface area contributed by atoms with Gasteiger partial charge in [0.15, 0.2) is 0 Å². The zero-order valence-corrected chi connectivity index (χ0v) is 14.9. The van der Waals surface area contributed by atoms with E-state index in [1.807, 2.05) is 31.2 Å². The number of H-pyrrole nitrogens is 2. The Morgan fingerprint density at radius 2 is 1.92 bits per heavy atom. The number of carbonyl (C=O) groups is 1. The molecule has 2 aromatic rings. The average Bonchev–Trinajstić information content (AvgIpc) is 2.59. The maximum absolute atomic E-state index is 12.5. The first kappa shape index (κ1) is 18.5. The van der Waals surface area contributed by atoms with E-state index in [0.29, 0.717) is 11.3 Å². The zero-order valence-electron chi connectivity index (χ0n) is 14.9. The second-order valence-corrected chi connectivity index (χ2v) is 5.93. The van der Waals surface area contributed by atoms with E-state index in [0.717, 1.165) is 11.3 Å². The molecule has 1 aromatic carbocycles. The van der Waals surface area contributed by atoms with Gasteiger partial charge in [-0.2, -0.15) is 0 Å². The van der Waals surface area contributed by atoms with Crippen molar-refractivity contribution in [3.63, 3.8) is 0 Å². The molecule has 1 atom stereocenters. The number of para-hydroxylation sites is 1. The quantitative estimate of drug-likeness (QED) is 0.830. The molecule has 7 heteroatoms. The minimum Gasteiger partial charge on any atom is -0.496 e. The fourth-order valence-corrected chi connectivity index (χ4v) is 2.77. The molecule has 0 bridgehead atoms. The summed E-state index contributed by atoms with van der Waals surface area (Å²) in [5.41, 5.74) is 0.834. The molecule has 0 radical (unpaired) electrons. The molecule has 0 aliphatic heterocycles. The predicted molar refractivity (Wildman–Crippen MR) is 94.9 cm³/mol. The van der Waals surface area contributed by atoms with E-state index in [2.05, 4.69) is 9.97 Å². The minimum atomic E-state index is -0.542.